The summed E-state index contributed by atoms with van der Waals surface area (Å²) in [6, 6.07) is 5.72. The normalized spacial score (nSPS) is 11.5. The van der Waals surface area contributed by atoms with E-state index in [-0.39, 0.29) is 5.69 Å². The molecule has 0 amide bonds. The van der Waals surface area contributed by atoms with Crippen molar-refractivity contribution in [2.45, 2.75) is 13.3 Å². The zero-order valence-corrected chi connectivity index (χ0v) is 13.1. The zero-order valence-electron chi connectivity index (χ0n) is 12.4. The minimum absolute atomic E-state index is 0.0404. The van der Waals surface area contributed by atoms with Crippen LogP contribution in [-0.2, 0) is 13.5 Å². The van der Waals surface area contributed by atoms with Gasteiger partial charge in [0.25, 0.3) is 0 Å². The Labute approximate surface area is 133 Å². The molecule has 1 heterocycles. The lowest BCUT2D eigenvalue weighted by Crippen LogP contribution is -1.99. The Morgan fingerprint density at radius 3 is 2.82 bits per heavy atom. The molecule has 5 nitrogen and oxygen atoms in total. The van der Waals surface area contributed by atoms with Gasteiger partial charge < -0.3 is 9.67 Å². The van der Waals surface area contributed by atoms with Gasteiger partial charge in [0.15, 0.2) is 5.69 Å². The molecule has 0 atom stereocenters. The SMILES string of the molecule is C=Nc1ccc(Cc2nc(C(=O)O)cn2C)cc1/C=C(\C)Cl. The van der Waals surface area contributed by atoms with Crippen LogP contribution >= 0.6 is 11.6 Å². The quantitative estimate of drug-likeness (QED) is 0.856. The van der Waals surface area contributed by atoms with Crippen LogP contribution in [0.1, 0.15) is 34.4 Å². The summed E-state index contributed by atoms with van der Waals surface area (Å²) in [7, 11) is 1.78. The number of hydrogen-bond donors (Lipinski definition) is 1. The standard InChI is InChI=1S/C16H16ClN3O2/c1-10(17)6-12-7-11(4-5-13(12)18-2)8-15-19-14(16(21)22)9-20(15)3/h4-7,9H,2,8H2,1,3H3,(H,21,22)/b10-6+. The predicted octanol–water partition coefficient (Wildman–Crippen LogP) is 3.64. The molecule has 6 heteroatoms. The van der Waals surface area contributed by atoms with Crippen molar-refractivity contribution < 1.29 is 9.90 Å². The van der Waals surface area contributed by atoms with Crippen LogP contribution in [0.4, 0.5) is 5.69 Å². The summed E-state index contributed by atoms with van der Waals surface area (Å²) in [4.78, 5) is 19.0. The molecule has 0 unspecified atom stereocenters. The molecular weight excluding hydrogens is 302 g/mol. The third kappa shape index (κ3) is 3.62. The number of aromatic nitrogens is 2. The van der Waals surface area contributed by atoms with Gasteiger partial charge in [0, 0.05) is 30.3 Å². The van der Waals surface area contributed by atoms with Gasteiger partial charge in [-0.1, -0.05) is 17.7 Å². The third-order valence-electron chi connectivity index (χ3n) is 3.17. The van der Waals surface area contributed by atoms with Gasteiger partial charge in [0.1, 0.15) is 5.82 Å². The Kier molecular flexibility index (Phi) is 4.78. The summed E-state index contributed by atoms with van der Waals surface area (Å²) in [5.74, 6) is -0.358. The fourth-order valence-corrected chi connectivity index (χ4v) is 2.26. The second-order valence-electron chi connectivity index (χ2n) is 4.92. The Balaban J connectivity index is 2.36. The highest BCUT2D eigenvalue weighted by Crippen LogP contribution is 2.25. The zero-order chi connectivity index (χ0) is 16.3. The van der Waals surface area contributed by atoms with Crippen LogP contribution in [0.15, 0.2) is 34.4 Å². The number of aliphatic imine (C=N–C) groups is 1. The highest BCUT2D eigenvalue weighted by Gasteiger charge is 2.12. The van der Waals surface area contributed by atoms with E-state index in [0.29, 0.717) is 17.3 Å². The lowest BCUT2D eigenvalue weighted by atomic mass is 10.1. The van der Waals surface area contributed by atoms with Crippen molar-refractivity contribution >= 4 is 36.1 Å². The number of aryl methyl sites for hydroxylation is 1. The first-order chi connectivity index (χ1) is 10.4. The Morgan fingerprint density at radius 1 is 1.55 bits per heavy atom. The van der Waals surface area contributed by atoms with Gasteiger partial charge in [-0.2, -0.15) is 0 Å². The smallest absolute Gasteiger partial charge is 0.356 e. The van der Waals surface area contributed by atoms with E-state index in [9.17, 15) is 4.79 Å². The molecule has 22 heavy (non-hydrogen) atoms. The van der Waals surface area contributed by atoms with E-state index in [1.54, 1.807) is 18.5 Å². The molecule has 0 aliphatic carbocycles. The Morgan fingerprint density at radius 2 is 2.27 bits per heavy atom. The summed E-state index contributed by atoms with van der Waals surface area (Å²) in [6.45, 7) is 5.34. The van der Waals surface area contributed by atoms with Gasteiger partial charge in [-0.05, 0) is 37.4 Å². The number of benzene rings is 1. The Bertz CT molecular complexity index is 759. The average molecular weight is 318 g/mol. The first-order valence-electron chi connectivity index (χ1n) is 6.59. The van der Waals surface area contributed by atoms with Crippen molar-refractivity contribution in [2.24, 2.45) is 12.0 Å². The number of allylic oxidation sites excluding steroid dienone is 1. The van der Waals surface area contributed by atoms with E-state index in [4.69, 9.17) is 16.7 Å². The molecule has 0 fully saturated rings. The molecule has 0 radical (unpaired) electrons. The van der Waals surface area contributed by atoms with E-state index in [1.165, 1.54) is 6.20 Å². The average Bonchev–Trinajstić information content (AvgIpc) is 2.80. The van der Waals surface area contributed by atoms with Crippen LogP contribution in [-0.4, -0.2) is 27.3 Å². The van der Waals surface area contributed by atoms with Crippen molar-refractivity contribution in [1.82, 2.24) is 9.55 Å². The summed E-state index contributed by atoms with van der Waals surface area (Å²) in [6.07, 6.45) is 3.83. The highest BCUT2D eigenvalue weighted by molar-refractivity contribution is 6.31. The third-order valence-corrected chi connectivity index (χ3v) is 3.28. The van der Waals surface area contributed by atoms with E-state index >= 15 is 0 Å². The number of imidazole rings is 1. The second kappa shape index (κ2) is 6.58. The van der Waals surface area contributed by atoms with Gasteiger partial charge in [0.2, 0.25) is 0 Å². The molecule has 0 saturated heterocycles. The molecule has 0 saturated carbocycles. The fourth-order valence-electron chi connectivity index (χ4n) is 2.14. The summed E-state index contributed by atoms with van der Waals surface area (Å²) >= 11 is 5.93. The molecule has 0 spiro atoms. The number of carboxylic acids is 1. The van der Waals surface area contributed by atoms with E-state index in [1.807, 2.05) is 24.3 Å². The monoisotopic (exact) mass is 317 g/mol. The molecule has 114 valence electrons. The molecule has 1 aromatic carbocycles. The van der Waals surface area contributed by atoms with Crippen molar-refractivity contribution in [1.29, 1.82) is 0 Å². The van der Waals surface area contributed by atoms with Crippen molar-refractivity contribution in [3.05, 3.63) is 52.1 Å². The molecule has 0 aliphatic rings. The highest BCUT2D eigenvalue weighted by atomic mass is 35.5. The lowest BCUT2D eigenvalue weighted by molar-refractivity contribution is 0.0691. The minimum atomic E-state index is -1.03. The lowest BCUT2D eigenvalue weighted by Gasteiger charge is -2.06. The molecule has 0 aliphatic heterocycles. The maximum atomic E-state index is 11.0. The molecule has 2 aromatic rings. The van der Waals surface area contributed by atoms with Crippen molar-refractivity contribution in [3.63, 3.8) is 0 Å². The van der Waals surface area contributed by atoms with E-state index < -0.39 is 5.97 Å². The molecular formula is C16H16ClN3O2. The summed E-state index contributed by atoms with van der Waals surface area (Å²) in [5, 5.41) is 9.63. The number of hydrogen-bond acceptors (Lipinski definition) is 3. The fraction of sp³-hybridized carbons (Fsp3) is 0.188. The predicted molar refractivity (Wildman–Crippen MR) is 88.1 cm³/mol. The van der Waals surface area contributed by atoms with E-state index in [0.717, 1.165) is 16.8 Å². The maximum Gasteiger partial charge on any atom is 0.356 e. The first kappa shape index (κ1) is 16.0. The number of halogens is 1. The number of carboxylic acid groups (broad SMARTS) is 1. The topological polar surface area (TPSA) is 67.5 Å². The van der Waals surface area contributed by atoms with Gasteiger partial charge >= 0.3 is 5.97 Å². The largest absolute Gasteiger partial charge is 0.476 e. The van der Waals surface area contributed by atoms with Crippen LogP contribution in [0.2, 0.25) is 0 Å². The molecule has 1 aromatic heterocycles. The number of rotatable bonds is 5. The van der Waals surface area contributed by atoms with E-state index in [2.05, 4.69) is 16.7 Å². The molecule has 1 N–H and O–H groups in total. The first-order valence-corrected chi connectivity index (χ1v) is 6.97. The second-order valence-corrected chi connectivity index (χ2v) is 5.51. The minimum Gasteiger partial charge on any atom is -0.476 e. The van der Waals surface area contributed by atoms with Crippen LogP contribution in [0.3, 0.4) is 0 Å². The Hall–Kier alpha value is -2.40. The van der Waals surface area contributed by atoms with Crippen molar-refractivity contribution in [2.75, 3.05) is 0 Å². The van der Waals surface area contributed by atoms with Gasteiger partial charge in [0.05, 0.1) is 5.69 Å². The van der Waals surface area contributed by atoms with Crippen LogP contribution in [0.5, 0.6) is 0 Å². The summed E-state index contributed by atoms with van der Waals surface area (Å²) in [5.41, 5.74) is 2.64. The van der Waals surface area contributed by atoms with Crippen molar-refractivity contribution in [3.8, 4) is 0 Å². The van der Waals surface area contributed by atoms with Crippen LogP contribution < -0.4 is 0 Å². The molecule has 0 bridgehead atoms. The maximum absolute atomic E-state index is 11.0. The molecule has 2 rings (SSSR count). The summed E-state index contributed by atoms with van der Waals surface area (Å²) < 4.78 is 1.71. The van der Waals surface area contributed by atoms with Gasteiger partial charge in [-0.15, -0.1) is 0 Å². The number of carbonyl (C=O) groups is 1. The van der Waals surface area contributed by atoms with Crippen LogP contribution in [0.25, 0.3) is 6.08 Å². The van der Waals surface area contributed by atoms with Crippen LogP contribution in [0, 0.1) is 0 Å². The number of nitrogens with zero attached hydrogens (tertiary/aromatic N) is 3. The van der Waals surface area contributed by atoms with Gasteiger partial charge in [-0.3, -0.25) is 4.99 Å². The van der Waals surface area contributed by atoms with Gasteiger partial charge in [-0.25, -0.2) is 9.78 Å². The number of aromatic carboxylic acids is 1.